The molecule has 3 heteroatoms. The lowest BCUT2D eigenvalue weighted by molar-refractivity contribution is 0.0709. The summed E-state index contributed by atoms with van der Waals surface area (Å²) in [4.78, 5) is 10.8. The molecule has 3 nitrogen and oxygen atoms in total. The maximum atomic E-state index is 10.8. The number of ether oxygens (including phenoxy) is 2. The molecule has 0 aromatic carbocycles. The summed E-state index contributed by atoms with van der Waals surface area (Å²) >= 11 is 0. The van der Waals surface area contributed by atoms with Crippen LogP contribution in [0.5, 0.6) is 0 Å². The fraction of sp³-hybridized carbons (Fsp3) is 0.800. The van der Waals surface area contributed by atoms with E-state index in [9.17, 15) is 4.79 Å². The number of hydrogen-bond acceptors (Lipinski definition) is 3. The van der Waals surface area contributed by atoms with Crippen LogP contribution in [-0.2, 0) is 9.47 Å². The first-order valence-electron chi connectivity index (χ1n) is 4.96. The quantitative estimate of drug-likeness (QED) is 0.453. The zero-order chi connectivity index (χ0) is 9.94. The third kappa shape index (κ3) is 9.18. The third-order valence-corrected chi connectivity index (χ3v) is 1.55. The zero-order valence-corrected chi connectivity index (χ0v) is 8.54. The molecule has 0 aromatic heterocycles. The van der Waals surface area contributed by atoms with Crippen molar-refractivity contribution in [1.82, 2.24) is 0 Å². The highest BCUT2D eigenvalue weighted by molar-refractivity contribution is 5.60. The fourth-order valence-corrected chi connectivity index (χ4v) is 0.786. The van der Waals surface area contributed by atoms with Crippen molar-refractivity contribution in [1.29, 1.82) is 0 Å². The first-order chi connectivity index (χ1) is 6.31. The Morgan fingerprint density at radius 3 is 2.62 bits per heavy atom. The van der Waals surface area contributed by atoms with Crippen molar-refractivity contribution in [2.45, 2.75) is 46.0 Å². The normalized spacial score (nSPS) is 9.69. The Labute approximate surface area is 80.4 Å². The van der Waals surface area contributed by atoms with Crippen LogP contribution >= 0.6 is 0 Å². The first-order valence-corrected chi connectivity index (χ1v) is 4.96. The zero-order valence-electron chi connectivity index (χ0n) is 8.54. The SMILES string of the molecule is CCC[CH]OC(=O)OCCCCC. The Hall–Kier alpha value is -0.730. The molecule has 0 N–H and O–H groups in total. The summed E-state index contributed by atoms with van der Waals surface area (Å²) in [5.74, 6) is 0. The smallest absolute Gasteiger partial charge is 0.434 e. The number of unbranched alkanes of at least 4 members (excludes halogenated alkanes) is 3. The van der Waals surface area contributed by atoms with E-state index in [0.717, 1.165) is 32.1 Å². The van der Waals surface area contributed by atoms with Gasteiger partial charge < -0.3 is 9.47 Å². The van der Waals surface area contributed by atoms with E-state index < -0.39 is 6.16 Å². The molecule has 0 saturated carbocycles. The lowest BCUT2D eigenvalue weighted by Gasteiger charge is -2.03. The van der Waals surface area contributed by atoms with Crippen molar-refractivity contribution in [2.24, 2.45) is 0 Å². The van der Waals surface area contributed by atoms with Gasteiger partial charge in [0, 0.05) is 0 Å². The van der Waals surface area contributed by atoms with Gasteiger partial charge in [0.05, 0.1) is 6.61 Å². The number of hydrogen-bond donors (Lipinski definition) is 0. The highest BCUT2D eigenvalue weighted by Gasteiger charge is 2.01. The molecular formula is C10H19O3. The highest BCUT2D eigenvalue weighted by Crippen LogP contribution is 1.99. The second-order valence-corrected chi connectivity index (χ2v) is 2.88. The lowest BCUT2D eigenvalue weighted by atomic mass is 10.3. The molecule has 0 aliphatic carbocycles. The molecular weight excluding hydrogens is 168 g/mol. The van der Waals surface area contributed by atoms with Gasteiger partial charge in [-0.05, 0) is 12.8 Å². The van der Waals surface area contributed by atoms with Crippen LogP contribution in [0.4, 0.5) is 4.79 Å². The van der Waals surface area contributed by atoms with E-state index in [2.05, 4.69) is 11.7 Å². The molecule has 0 spiro atoms. The van der Waals surface area contributed by atoms with Crippen molar-refractivity contribution in [3.8, 4) is 0 Å². The van der Waals surface area contributed by atoms with Gasteiger partial charge in [0.25, 0.3) is 0 Å². The molecule has 0 rings (SSSR count). The van der Waals surface area contributed by atoms with Crippen molar-refractivity contribution >= 4 is 6.16 Å². The van der Waals surface area contributed by atoms with E-state index in [0.29, 0.717) is 6.61 Å². The maximum Gasteiger partial charge on any atom is 0.508 e. The Morgan fingerprint density at radius 1 is 1.23 bits per heavy atom. The molecule has 1 radical (unpaired) electrons. The van der Waals surface area contributed by atoms with Gasteiger partial charge >= 0.3 is 6.16 Å². The minimum atomic E-state index is -0.579. The molecule has 0 bridgehead atoms. The summed E-state index contributed by atoms with van der Waals surface area (Å²) in [5, 5.41) is 0. The van der Waals surface area contributed by atoms with Crippen molar-refractivity contribution < 1.29 is 14.3 Å². The average molecular weight is 187 g/mol. The Kier molecular flexibility index (Phi) is 8.83. The second-order valence-electron chi connectivity index (χ2n) is 2.88. The Morgan fingerprint density at radius 2 is 2.00 bits per heavy atom. The van der Waals surface area contributed by atoms with E-state index in [4.69, 9.17) is 4.74 Å². The molecule has 0 atom stereocenters. The van der Waals surface area contributed by atoms with E-state index >= 15 is 0 Å². The maximum absolute atomic E-state index is 10.8. The summed E-state index contributed by atoms with van der Waals surface area (Å²) < 4.78 is 9.47. The van der Waals surface area contributed by atoms with Gasteiger partial charge in [0.15, 0.2) is 0 Å². The fourth-order valence-electron chi connectivity index (χ4n) is 0.786. The second kappa shape index (κ2) is 9.36. The van der Waals surface area contributed by atoms with Crippen molar-refractivity contribution in [3.05, 3.63) is 6.61 Å². The molecule has 13 heavy (non-hydrogen) atoms. The highest BCUT2D eigenvalue weighted by atomic mass is 16.7. The lowest BCUT2D eigenvalue weighted by Crippen LogP contribution is -2.06. The topological polar surface area (TPSA) is 35.5 Å². The molecule has 0 aliphatic heterocycles. The molecule has 0 heterocycles. The van der Waals surface area contributed by atoms with Gasteiger partial charge in [-0.3, -0.25) is 0 Å². The number of carbonyl (C=O) groups excluding carboxylic acids is 1. The van der Waals surface area contributed by atoms with E-state index in [1.54, 1.807) is 0 Å². The van der Waals surface area contributed by atoms with Gasteiger partial charge in [0.1, 0.15) is 6.61 Å². The van der Waals surface area contributed by atoms with Gasteiger partial charge in [-0.2, -0.15) is 0 Å². The minimum Gasteiger partial charge on any atom is -0.434 e. The van der Waals surface area contributed by atoms with Crippen LogP contribution in [0, 0.1) is 6.61 Å². The third-order valence-electron chi connectivity index (χ3n) is 1.55. The average Bonchev–Trinajstić information content (AvgIpc) is 2.13. The van der Waals surface area contributed by atoms with Crippen LogP contribution in [0.15, 0.2) is 0 Å². The van der Waals surface area contributed by atoms with Crippen molar-refractivity contribution in [3.63, 3.8) is 0 Å². The Balaban J connectivity index is 3.11. The summed E-state index contributed by atoms with van der Waals surface area (Å²) in [7, 11) is 0. The van der Waals surface area contributed by atoms with Crippen LogP contribution in [-0.4, -0.2) is 12.8 Å². The minimum absolute atomic E-state index is 0.465. The molecule has 0 fully saturated rings. The van der Waals surface area contributed by atoms with Gasteiger partial charge in [-0.25, -0.2) is 4.79 Å². The van der Waals surface area contributed by atoms with Crippen LogP contribution in [0.25, 0.3) is 0 Å². The van der Waals surface area contributed by atoms with Gasteiger partial charge in [-0.1, -0.05) is 33.1 Å². The molecule has 0 aliphatic rings. The van der Waals surface area contributed by atoms with Crippen LogP contribution < -0.4 is 0 Å². The molecule has 77 valence electrons. The van der Waals surface area contributed by atoms with E-state index in [-0.39, 0.29) is 0 Å². The molecule has 0 saturated heterocycles. The standard InChI is InChI=1S/C10H19O3/c1-3-5-7-9-13-10(11)12-8-6-4-2/h8H,3-7,9H2,1-2H3. The monoisotopic (exact) mass is 187 g/mol. The summed E-state index contributed by atoms with van der Waals surface area (Å²) in [6.45, 7) is 6.08. The number of rotatable bonds is 7. The Bertz CT molecular complexity index is 123. The van der Waals surface area contributed by atoms with Crippen LogP contribution in [0.1, 0.15) is 46.0 Å². The molecule has 0 amide bonds. The van der Waals surface area contributed by atoms with Gasteiger partial charge in [-0.15, -0.1) is 0 Å². The molecule has 0 unspecified atom stereocenters. The first kappa shape index (κ1) is 12.3. The predicted octanol–water partition coefficient (Wildman–Crippen LogP) is 3.29. The summed E-state index contributed by atoms with van der Waals surface area (Å²) in [6.07, 6.45) is 4.31. The summed E-state index contributed by atoms with van der Waals surface area (Å²) in [5.41, 5.74) is 0. The van der Waals surface area contributed by atoms with Crippen molar-refractivity contribution in [2.75, 3.05) is 6.61 Å². The summed E-state index contributed by atoms with van der Waals surface area (Å²) in [6, 6.07) is 0. The van der Waals surface area contributed by atoms with Crippen LogP contribution in [0.3, 0.4) is 0 Å². The predicted molar refractivity (Wildman–Crippen MR) is 51.2 cm³/mol. The largest absolute Gasteiger partial charge is 0.508 e. The van der Waals surface area contributed by atoms with E-state index in [1.165, 1.54) is 6.61 Å². The van der Waals surface area contributed by atoms with Gasteiger partial charge in [0.2, 0.25) is 0 Å². The number of carbonyl (C=O) groups is 1. The van der Waals surface area contributed by atoms with E-state index in [1.807, 2.05) is 6.92 Å². The van der Waals surface area contributed by atoms with Crippen LogP contribution in [0.2, 0.25) is 0 Å². The molecule has 0 aromatic rings.